The summed E-state index contributed by atoms with van der Waals surface area (Å²) in [6.45, 7) is 0. The zero-order chi connectivity index (χ0) is 32.2. The molecule has 1 heterocycles. The van der Waals surface area contributed by atoms with Crippen LogP contribution in [0.15, 0.2) is 60.7 Å². The number of hydrogen-bond acceptors (Lipinski definition) is 7. The maximum atomic E-state index is 13.9. The number of anilines is 1. The van der Waals surface area contributed by atoms with Crippen molar-refractivity contribution in [3.8, 4) is 11.5 Å². The van der Waals surface area contributed by atoms with Crippen LogP contribution in [0, 0.1) is 0 Å². The van der Waals surface area contributed by atoms with Gasteiger partial charge in [0.1, 0.15) is 16.7 Å². The number of fused-ring (bicyclic) bond motifs is 1. The summed E-state index contributed by atoms with van der Waals surface area (Å²) in [7, 11) is -5.57. The molecule has 43 heavy (non-hydrogen) atoms. The van der Waals surface area contributed by atoms with E-state index in [1.165, 1.54) is 0 Å². The molecule has 0 aromatic heterocycles. The van der Waals surface area contributed by atoms with Gasteiger partial charge in [0, 0.05) is 5.56 Å². The SMILES string of the molecule is COC(=O)c1cc(C2(c3ccc(OC(F)(F)F)cc3)C(=O)Nc3c(C(F)(F)F)cccc32)ccc1OS(=O)(=O)C(F)(F)F. The number of para-hydroxylation sites is 1. The summed E-state index contributed by atoms with van der Waals surface area (Å²) in [6, 6.07) is 7.92. The molecule has 0 saturated heterocycles. The first-order valence-electron chi connectivity index (χ1n) is 11.3. The number of esters is 1. The number of nitrogens with one attached hydrogen (secondary N) is 1. The first-order chi connectivity index (χ1) is 19.7. The minimum absolute atomic E-state index is 0.273. The third kappa shape index (κ3) is 5.65. The molecule has 1 unspecified atom stereocenters. The molecule has 8 nitrogen and oxygen atoms in total. The number of halogens is 9. The highest BCUT2D eigenvalue weighted by Crippen LogP contribution is 2.52. The summed E-state index contributed by atoms with van der Waals surface area (Å²) in [4.78, 5) is 26.2. The van der Waals surface area contributed by atoms with Crippen molar-refractivity contribution in [3.05, 3.63) is 88.5 Å². The van der Waals surface area contributed by atoms with Gasteiger partial charge in [0.05, 0.1) is 18.4 Å². The third-order valence-electron chi connectivity index (χ3n) is 6.17. The number of rotatable bonds is 6. The molecule has 0 fully saturated rings. The van der Waals surface area contributed by atoms with Gasteiger partial charge in [-0.1, -0.05) is 30.3 Å². The number of benzene rings is 3. The van der Waals surface area contributed by atoms with Crippen molar-refractivity contribution in [3.63, 3.8) is 0 Å². The van der Waals surface area contributed by atoms with Crippen LogP contribution >= 0.6 is 0 Å². The molecular weight excluding hydrogens is 629 g/mol. The predicted octanol–water partition coefficient (Wildman–Crippen LogP) is 5.91. The minimum Gasteiger partial charge on any atom is -0.465 e. The zero-order valence-electron chi connectivity index (χ0n) is 20.9. The Balaban J connectivity index is 2.03. The Kier molecular flexibility index (Phi) is 7.57. The van der Waals surface area contributed by atoms with Crippen molar-refractivity contribution < 1.29 is 71.2 Å². The number of alkyl halides is 9. The van der Waals surface area contributed by atoms with E-state index in [2.05, 4.69) is 19.0 Å². The lowest BCUT2D eigenvalue weighted by Gasteiger charge is -2.30. The van der Waals surface area contributed by atoms with Crippen LogP contribution in [0.2, 0.25) is 0 Å². The van der Waals surface area contributed by atoms with Gasteiger partial charge >= 0.3 is 34.1 Å². The smallest absolute Gasteiger partial charge is 0.465 e. The van der Waals surface area contributed by atoms with E-state index in [4.69, 9.17) is 0 Å². The number of carbonyl (C=O) groups excluding carboxylic acids is 2. The summed E-state index contributed by atoms with van der Waals surface area (Å²) in [5.74, 6) is -4.66. The Morgan fingerprint density at radius 1 is 0.860 bits per heavy atom. The van der Waals surface area contributed by atoms with Crippen molar-refractivity contribution >= 4 is 27.7 Å². The summed E-state index contributed by atoms with van der Waals surface area (Å²) in [6.07, 6.45) is -10.1. The Hall–Kier alpha value is -4.48. The van der Waals surface area contributed by atoms with Crippen LogP contribution in [-0.4, -0.2) is 39.3 Å². The lowest BCUT2D eigenvalue weighted by molar-refractivity contribution is -0.274. The number of hydrogen-bond donors (Lipinski definition) is 1. The highest BCUT2D eigenvalue weighted by atomic mass is 32.2. The molecule has 0 spiro atoms. The molecule has 1 amide bonds. The van der Waals surface area contributed by atoms with Gasteiger partial charge in [0.2, 0.25) is 5.91 Å². The van der Waals surface area contributed by atoms with Crippen molar-refractivity contribution in [2.24, 2.45) is 0 Å². The van der Waals surface area contributed by atoms with Gasteiger partial charge < -0.3 is 19.0 Å². The van der Waals surface area contributed by atoms with Crippen molar-refractivity contribution in [1.29, 1.82) is 0 Å². The quantitative estimate of drug-likeness (QED) is 0.154. The number of methoxy groups -OCH3 is 1. The van der Waals surface area contributed by atoms with Crippen molar-refractivity contribution in [2.75, 3.05) is 12.4 Å². The third-order valence-corrected chi connectivity index (χ3v) is 7.14. The molecule has 18 heteroatoms. The molecule has 0 radical (unpaired) electrons. The van der Waals surface area contributed by atoms with Gasteiger partial charge in [0.25, 0.3) is 0 Å². The molecule has 230 valence electrons. The number of amides is 1. The molecule has 0 saturated carbocycles. The van der Waals surface area contributed by atoms with Crippen LogP contribution in [0.5, 0.6) is 11.5 Å². The van der Waals surface area contributed by atoms with Crippen LogP contribution in [0.4, 0.5) is 45.2 Å². The molecule has 4 rings (SSSR count). The topological polar surface area (TPSA) is 108 Å². The summed E-state index contributed by atoms with van der Waals surface area (Å²) in [5, 5.41) is 2.09. The first-order valence-corrected chi connectivity index (χ1v) is 12.7. The molecule has 3 aromatic rings. The van der Waals surface area contributed by atoms with E-state index in [0.717, 1.165) is 49.6 Å². The normalized spacial score (nSPS) is 17.2. The van der Waals surface area contributed by atoms with E-state index in [-0.39, 0.29) is 5.56 Å². The molecule has 1 atom stereocenters. The fourth-order valence-corrected chi connectivity index (χ4v) is 4.96. The standard InChI is InChI=1S/C25H14F9NO7S/c1-40-20(36)15-11-13(7-10-18(15)42-43(38,39)25(32,33)34)22(12-5-8-14(9-6-12)41-24(29,30)31)16-3-2-4-17(23(26,27)28)19(16)35-21(22)37/h2-11H,1H3,(H,35,37). The van der Waals surface area contributed by atoms with Gasteiger partial charge in [-0.05, 0) is 41.5 Å². The maximum absolute atomic E-state index is 13.9. The van der Waals surface area contributed by atoms with E-state index in [1.54, 1.807) is 0 Å². The Bertz CT molecular complexity index is 1700. The predicted molar refractivity (Wildman–Crippen MR) is 126 cm³/mol. The molecule has 1 aliphatic heterocycles. The van der Waals surface area contributed by atoms with E-state index < -0.39 is 84.9 Å². The second kappa shape index (κ2) is 10.4. The van der Waals surface area contributed by atoms with Crippen LogP contribution < -0.4 is 14.2 Å². The first kappa shape index (κ1) is 31.5. The number of ether oxygens (including phenoxy) is 2. The average molecular weight is 643 g/mol. The molecule has 3 aromatic carbocycles. The lowest BCUT2D eigenvalue weighted by Crippen LogP contribution is -2.37. The second-order valence-electron chi connectivity index (χ2n) is 8.69. The van der Waals surface area contributed by atoms with Gasteiger partial charge in [-0.25, -0.2) is 4.79 Å². The Morgan fingerprint density at radius 3 is 2.00 bits per heavy atom. The molecule has 0 aliphatic carbocycles. The molecule has 0 bridgehead atoms. The van der Waals surface area contributed by atoms with Crippen molar-refractivity contribution in [2.45, 2.75) is 23.5 Å². The summed E-state index contributed by atoms with van der Waals surface area (Å²) in [5.41, 5.74) is -12.5. The molecule has 1 N–H and O–H groups in total. The van der Waals surface area contributed by atoms with Gasteiger partial charge in [-0.15, -0.1) is 13.2 Å². The monoisotopic (exact) mass is 643 g/mol. The summed E-state index contributed by atoms with van der Waals surface area (Å²) >= 11 is 0. The van der Waals surface area contributed by atoms with Crippen LogP contribution in [-0.2, 0) is 31.2 Å². The Labute approximate surface area is 235 Å². The maximum Gasteiger partial charge on any atom is 0.573 e. The second-order valence-corrected chi connectivity index (χ2v) is 10.2. The molecular formula is C25H14F9NO7S. The highest BCUT2D eigenvalue weighted by Gasteiger charge is 2.53. The van der Waals surface area contributed by atoms with E-state index in [9.17, 15) is 57.5 Å². The van der Waals surface area contributed by atoms with Gasteiger partial charge in [-0.2, -0.15) is 34.8 Å². The highest BCUT2D eigenvalue weighted by molar-refractivity contribution is 7.88. The van der Waals surface area contributed by atoms with Gasteiger partial charge in [0.15, 0.2) is 5.75 Å². The van der Waals surface area contributed by atoms with Crippen molar-refractivity contribution in [1.82, 2.24) is 0 Å². The van der Waals surface area contributed by atoms with E-state index in [0.29, 0.717) is 18.2 Å². The van der Waals surface area contributed by atoms with Gasteiger partial charge in [-0.3, -0.25) is 4.79 Å². The lowest BCUT2D eigenvalue weighted by atomic mass is 9.69. The average Bonchev–Trinajstić information content (AvgIpc) is 3.19. The summed E-state index contributed by atoms with van der Waals surface area (Å²) < 4.78 is 154. The van der Waals surface area contributed by atoms with E-state index in [1.807, 2.05) is 0 Å². The van der Waals surface area contributed by atoms with Crippen LogP contribution in [0.1, 0.15) is 32.6 Å². The Morgan fingerprint density at radius 2 is 1.47 bits per heavy atom. The van der Waals surface area contributed by atoms with E-state index >= 15 is 0 Å². The zero-order valence-corrected chi connectivity index (χ0v) is 21.8. The fourth-order valence-electron chi connectivity index (χ4n) is 4.48. The molecule has 1 aliphatic rings. The largest absolute Gasteiger partial charge is 0.573 e. The van der Waals surface area contributed by atoms with Crippen LogP contribution in [0.25, 0.3) is 0 Å². The fraction of sp³-hybridized carbons (Fsp3) is 0.200. The minimum atomic E-state index is -6.33. The number of carbonyl (C=O) groups is 2. The van der Waals surface area contributed by atoms with Crippen LogP contribution in [0.3, 0.4) is 0 Å².